The normalized spacial score (nSPS) is 12.2. The van der Waals surface area contributed by atoms with Crippen LogP contribution in [0.25, 0.3) is 0 Å². The number of hydrogen-bond donors (Lipinski definition) is 2. The fourth-order valence-corrected chi connectivity index (χ4v) is 1.28. The molecular formula is C11H14FNO2. The van der Waals surface area contributed by atoms with Crippen LogP contribution in [0.2, 0.25) is 0 Å². The van der Waals surface area contributed by atoms with Gasteiger partial charge in [0.2, 0.25) is 5.91 Å². The van der Waals surface area contributed by atoms with Gasteiger partial charge in [-0.05, 0) is 6.07 Å². The highest BCUT2D eigenvalue weighted by Gasteiger charge is 2.15. The first-order valence-corrected chi connectivity index (χ1v) is 4.83. The molecule has 4 heteroatoms. The van der Waals surface area contributed by atoms with Crippen LogP contribution in [0, 0.1) is 5.82 Å². The number of aliphatic hydroxyl groups excluding tert-OH is 1. The van der Waals surface area contributed by atoms with Crippen LogP contribution in [-0.2, 0) is 4.79 Å². The molecule has 0 aromatic heterocycles. The molecule has 1 atom stereocenters. The molecule has 0 heterocycles. The predicted octanol–water partition coefficient (Wildman–Crippen LogP) is 1.39. The largest absolute Gasteiger partial charge is 0.394 e. The maximum absolute atomic E-state index is 13.3. The molecule has 1 aromatic carbocycles. The lowest BCUT2D eigenvalue weighted by Crippen LogP contribution is -2.30. The average molecular weight is 211 g/mol. The first-order valence-electron chi connectivity index (χ1n) is 4.83. The maximum atomic E-state index is 13.3. The summed E-state index contributed by atoms with van der Waals surface area (Å²) in [6.45, 7) is 1.39. The Balaban J connectivity index is 2.83. The van der Waals surface area contributed by atoms with Crippen molar-refractivity contribution in [3.05, 3.63) is 35.6 Å². The first-order chi connectivity index (χ1) is 7.19. The van der Waals surface area contributed by atoms with E-state index in [1.54, 1.807) is 25.1 Å². The van der Waals surface area contributed by atoms with Crippen LogP contribution in [0.4, 0.5) is 4.39 Å². The molecule has 0 spiro atoms. The van der Waals surface area contributed by atoms with Gasteiger partial charge in [0.1, 0.15) is 5.82 Å². The van der Waals surface area contributed by atoms with Gasteiger partial charge in [-0.15, -0.1) is 0 Å². The fourth-order valence-electron chi connectivity index (χ4n) is 1.28. The van der Waals surface area contributed by atoms with Gasteiger partial charge in [0.25, 0.3) is 0 Å². The van der Waals surface area contributed by atoms with Crippen molar-refractivity contribution in [3.63, 3.8) is 0 Å². The van der Waals surface area contributed by atoms with Gasteiger partial charge in [-0.1, -0.05) is 25.1 Å². The van der Waals surface area contributed by atoms with Crippen LogP contribution in [0.3, 0.4) is 0 Å². The van der Waals surface area contributed by atoms with Crippen LogP contribution in [0.1, 0.15) is 24.9 Å². The molecule has 1 amide bonds. The van der Waals surface area contributed by atoms with Crippen molar-refractivity contribution in [2.24, 2.45) is 0 Å². The van der Waals surface area contributed by atoms with Crippen LogP contribution < -0.4 is 5.32 Å². The third kappa shape index (κ3) is 3.02. The number of rotatable bonds is 4. The second-order valence-electron chi connectivity index (χ2n) is 3.18. The quantitative estimate of drug-likeness (QED) is 0.790. The number of amides is 1. The summed E-state index contributed by atoms with van der Waals surface area (Å²) in [5.74, 6) is -0.634. The van der Waals surface area contributed by atoms with Crippen molar-refractivity contribution >= 4 is 5.91 Å². The Morgan fingerprint density at radius 3 is 2.73 bits per heavy atom. The zero-order chi connectivity index (χ0) is 11.3. The zero-order valence-electron chi connectivity index (χ0n) is 8.53. The van der Waals surface area contributed by atoms with E-state index in [-0.39, 0.29) is 12.5 Å². The number of nitrogens with one attached hydrogen (secondary N) is 1. The van der Waals surface area contributed by atoms with E-state index < -0.39 is 11.9 Å². The Hall–Kier alpha value is -1.42. The highest BCUT2D eigenvalue weighted by molar-refractivity contribution is 5.76. The second kappa shape index (κ2) is 5.46. The van der Waals surface area contributed by atoms with Crippen molar-refractivity contribution in [1.29, 1.82) is 0 Å². The van der Waals surface area contributed by atoms with Crippen LogP contribution in [0.15, 0.2) is 24.3 Å². The van der Waals surface area contributed by atoms with E-state index in [0.717, 1.165) is 0 Å². The van der Waals surface area contributed by atoms with E-state index in [9.17, 15) is 9.18 Å². The molecule has 2 N–H and O–H groups in total. The Bertz CT molecular complexity index is 341. The summed E-state index contributed by atoms with van der Waals surface area (Å²) in [5, 5.41) is 11.6. The van der Waals surface area contributed by atoms with Gasteiger partial charge in [0, 0.05) is 12.0 Å². The highest BCUT2D eigenvalue weighted by atomic mass is 19.1. The Morgan fingerprint density at radius 1 is 1.53 bits per heavy atom. The van der Waals surface area contributed by atoms with Gasteiger partial charge in [-0.2, -0.15) is 0 Å². The van der Waals surface area contributed by atoms with Gasteiger partial charge >= 0.3 is 0 Å². The minimum Gasteiger partial charge on any atom is -0.394 e. The molecule has 0 radical (unpaired) electrons. The van der Waals surface area contributed by atoms with Gasteiger partial charge in [-0.25, -0.2) is 4.39 Å². The lowest BCUT2D eigenvalue weighted by molar-refractivity contribution is -0.121. The number of carbonyl (C=O) groups excluding carboxylic acids is 1. The molecule has 0 aliphatic rings. The molecule has 3 nitrogen and oxygen atoms in total. The summed E-state index contributed by atoms with van der Waals surface area (Å²) in [7, 11) is 0. The summed E-state index contributed by atoms with van der Waals surface area (Å²) in [4.78, 5) is 11.1. The molecular weight excluding hydrogens is 197 g/mol. The van der Waals surface area contributed by atoms with Crippen molar-refractivity contribution < 1.29 is 14.3 Å². The smallest absolute Gasteiger partial charge is 0.220 e. The highest BCUT2D eigenvalue weighted by Crippen LogP contribution is 2.16. The van der Waals surface area contributed by atoms with E-state index in [4.69, 9.17) is 5.11 Å². The number of aliphatic hydroxyl groups is 1. The average Bonchev–Trinajstić information content (AvgIpc) is 2.26. The van der Waals surface area contributed by atoms with Crippen molar-refractivity contribution in [1.82, 2.24) is 5.32 Å². The monoisotopic (exact) mass is 211 g/mol. The van der Waals surface area contributed by atoms with Crippen LogP contribution in [-0.4, -0.2) is 17.6 Å². The summed E-state index contributed by atoms with van der Waals surface area (Å²) in [5.41, 5.74) is 0.307. The molecule has 1 rings (SSSR count). The first kappa shape index (κ1) is 11.7. The summed E-state index contributed by atoms with van der Waals surface area (Å²) >= 11 is 0. The van der Waals surface area contributed by atoms with Crippen LogP contribution >= 0.6 is 0 Å². The molecule has 1 unspecified atom stereocenters. The minimum absolute atomic E-state index is 0.211. The molecule has 0 bridgehead atoms. The SMILES string of the molecule is CCC(=O)NC(CO)c1ccccc1F. The van der Waals surface area contributed by atoms with Gasteiger partial charge < -0.3 is 10.4 Å². The van der Waals surface area contributed by atoms with E-state index >= 15 is 0 Å². The van der Waals surface area contributed by atoms with Crippen molar-refractivity contribution in [3.8, 4) is 0 Å². The standard InChI is InChI=1S/C11H14FNO2/c1-2-11(15)13-10(7-14)8-5-3-4-6-9(8)12/h3-6,10,14H,2,7H2,1H3,(H,13,15). The molecule has 1 aromatic rings. The second-order valence-corrected chi connectivity index (χ2v) is 3.18. The fraction of sp³-hybridized carbons (Fsp3) is 0.364. The molecule has 0 saturated carbocycles. The predicted molar refractivity (Wildman–Crippen MR) is 54.7 cm³/mol. The van der Waals surface area contributed by atoms with E-state index in [0.29, 0.717) is 12.0 Å². The topological polar surface area (TPSA) is 49.3 Å². The van der Waals surface area contributed by atoms with Gasteiger partial charge in [-0.3, -0.25) is 4.79 Å². The van der Waals surface area contributed by atoms with Gasteiger partial charge in [0.15, 0.2) is 0 Å². The summed E-state index contributed by atoms with van der Waals surface area (Å²) in [6, 6.07) is 5.41. The van der Waals surface area contributed by atoms with Gasteiger partial charge in [0.05, 0.1) is 12.6 Å². The Morgan fingerprint density at radius 2 is 2.20 bits per heavy atom. The third-order valence-corrected chi connectivity index (χ3v) is 2.12. The number of carbonyl (C=O) groups is 1. The number of benzene rings is 1. The minimum atomic E-state index is -0.668. The van der Waals surface area contributed by atoms with E-state index in [1.807, 2.05) is 0 Å². The van der Waals surface area contributed by atoms with E-state index in [1.165, 1.54) is 6.07 Å². The third-order valence-electron chi connectivity index (χ3n) is 2.12. The number of halogens is 1. The number of hydrogen-bond acceptors (Lipinski definition) is 2. The molecule has 0 aliphatic heterocycles. The lowest BCUT2D eigenvalue weighted by Gasteiger charge is -2.16. The summed E-state index contributed by atoms with van der Waals surface area (Å²) in [6.07, 6.45) is 0.310. The maximum Gasteiger partial charge on any atom is 0.220 e. The van der Waals surface area contributed by atoms with Crippen LogP contribution in [0.5, 0.6) is 0 Å². The van der Waals surface area contributed by atoms with E-state index in [2.05, 4.69) is 5.32 Å². The molecule has 0 fully saturated rings. The zero-order valence-corrected chi connectivity index (χ0v) is 8.53. The summed E-state index contributed by atoms with van der Waals surface area (Å²) < 4.78 is 13.3. The Labute approximate surface area is 87.9 Å². The molecule has 15 heavy (non-hydrogen) atoms. The molecule has 0 aliphatic carbocycles. The molecule has 0 saturated heterocycles. The lowest BCUT2D eigenvalue weighted by atomic mass is 10.1. The molecule has 82 valence electrons. The van der Waals surface area contributed by atoms with Crippen molar-refractivity contribution in [2.45, 2.75) is 19.4 Å². The Kier molecular flexibility index (Phi) is 4.24. The van der Waals surface area contributed by atoms with Crippen molar-refractivity contribution in [2.75, 3.05) is 6.61 Å².